The number of carbonyl (C=O) groups excluding carboxylic acids is 2. The first-order chi connectivity index (χ1) is 40.5. The second kappa shape index (κ2) is 63.9. The quantitative estimate of drug-likeness (QED) is 0.0211. The number of quaternary nitrogens is 1. The molecule has 0 aromatic rings. The molecule has 1 N–H and O–H groups in total. The van der Waals surface area contributed by atoms with Crippen LogP contribution in [0, 0.1) is 0 Å². The normalized spacial score (nSPS) is 13.6. The predicted molar refractivity (Wildman–Crippen MR) is 358 cm³/mol. The highest BCUT2D eigenvalue weighted by Gasteiger charge is 2.27. The van der Waals surface area contributed by atoms with Gasteiger partial charge in [0.1, 0.15) is 19.8 Å². The number of phosphoric acid groups is 1. The smallest absolute Gasteiger partial charge is 0.462 e. The van der Waals surface area contributed by atoms with Gasteiger partial charge < -0.3 is 18.9 Å². The molecule has 0 aliphatic rings. The van der Waals surface area contributed by atoms with Crippen molar-refractivity contribution < 1.29 is 42.1 Å². The predicted octanol–water partition coefficient (Wildman–Crippen LogP) is 22.8. The van der Waals surface area contributed by atoms with E-state index in [1.165, 1.54) is 225 Å². The van der Waals surface area contributed by atoms with E-state index in [-0.39, 0.29) is 25.6 Å². The van der Waals surface area contributed by atoms with Crippen molar-refractivity contribution in [2.45, 2.75) is 335 Å². The molecule has 0 aliphatic carbocycles. The van der Waals surface area contributed by atoms with E-state index >= 15 is 0 Å². The topological polar surface area (TPSA) is 108 Å². The highest BCUT2D eigenvalue weighted by Crippen LogP contribution is 2.43. The molecule has 0 aromatic carbocycles. The minimum absolute atomic E-state index is 0.0331. The van der Waals surface area contributed by atoms with Crippen LogP contribution in [0.25, 0.3) is 0 Å². The Balaban J connectivity index is 3.99. The van der Waals surface area contributed by atoms with E-state index in [1.807, 2.05) is 21.1 Å². The van der Waals surface area contributed by atoms with Crippen molar-refractivity contribution in [3.05, 3.63) is 72.9 Å². The van der Waals surface area contributed by atoms with Crippen LogP contribution in [0.4, 0.5) is 0 Å². The minimum Gasteiger partial charge on any atom is -0.462 e. The Kier molecular flexibility index (Phi) is 62.0. The summed E-state index contributed by atoms with van der Waals surface area (Å²) < 4.78 is 34.7. The molecule has 484 valence electrons. The molecule has 2 atom stereocenters. The maximum Gasteiger partial charge on any atom is 0.472 e. The molecule has 10 heteroatoms. The summed E-state index contributed by atoms with van der Waals surface area (Å²) in [6.07, 6.45) is 85.8. The van der Waals surface area contributed by atoms with E-state index in [9.17, 15) is 19.0 Å². The van der Waals surface area contributed by atoms with Crippen LogP contribution in [-0.4, -0.2) is 74.9 Å². The molecule has 0 radical (unpaired) electrons. The van der Waals surface area contributed by atoms with Crippen molar-refractivity contribution in [3.63, 3.8) is 0 Å². The van der Waals surface area contributed by atoms with E-state index in [0.717, 1.165) is 70.6 Å². The van der Waals surface area contributed by atoms with Crippen LogP contribution in [0.15, 0.2) is 72.9 Å². The number of hydrogen-bond donors (Lipinski definition) is 1. The summed E-state index contributed by atoms with van der Waals surface area (Å²) in [5.41, 5.74) is 0. The molecule has 0 bridgehead atoms. The van der Waals surface area contributed by atoms with Crippen molar-refractivity contribution in [1.82, 2.24) is 0 Å². The lowest BCUT2D eigenvalue weighted by molar-refractivity contribution is -0.870. The number of nitrogens with zero attached hydrogens (tertiary/aromatic N) is 1. The minimum atomic E-state index is -4.39. The fourth-order valence-electron chi connectivity index (χ4n) is 10.1. The number of hydrogen-bond acceptors (Lipinski definition) is 7. The van der Waals surface area contributed by atoms with E-state index in [1.54, 1.807) is 0 Å². The molecule has 9 nitrogen and oxygen atoms in total. The first-order valence-corrected chi connectivity index (χ1v) is 36.7. The Labute approximate surface area is 514 Å². The number of likely N-dealkylation sites (N-methyl/N-ethyl adjacent to an activating group) is 1. The van der Waals surface area contributed by atoms with E-state index < -0.39 is 26.5 Å². The third-order valence-electron chi connectivity index (χ3n) is 15.5. The summed E-state index contributed by atoms with van der Waals surface area (Å²) in [5, 5.41) is 0. The third kappa shape index (κ3) is 68.4. The maximum atomic E-state index is 12.9. The largest absolute Gasteiger partial charge is 0.472 e. The van der Waals surface area contributed by atoms with Gasteiger partial charge in [0.05, 0.1) is 27.7 Å². The van der Waals surface area contributed by atoms with Gasteiger partial charge in [-0.3, -0.25) is 18.6 Å². The third-order valence-corrected chi connectivity index (χ3v) is 16.5. The summed E-state index contributed by atoms with van der Waals surface area (Å²) in [6.45, 7) is 4.38. The lowest BCUT2D eigenvalue weighted by Crippen LogP contribution is -2.37. The van der Waals surface area contributed by atoms with Gasteiger partial charge in [0.25, 0.3) is 0 Å². The number of esters is 2. The molecule has 83 heavy (non-hydrogen) atoms. The second-order valence-electron chi connectivity index (χ2n) is 24.9. The van der Waals surface area contributed by atoms with Gasteiger partial charge in [0, 0.05) is 12.8 Å². The van der Waals surface area contributed by atoms with Crippen LogP contribution < -0.4 is 0 Å². The summed E-state index contributed by atoms with van der Waals surface area (Å²) >= 11 is 0. The molecule has 0 aromatic heterocycles. The Morgan fingerprint density at radius 3 is 1.02 bits per heavy atom. The monoisotopic (exact) mass is 1180 g/mol. The Morgan fingerprint density at radius 1 is 0.386 bits per heavy atom. The molecule has 0 saturated carbocycles. The lowest BCUT2D eigenvalue weighted by atomic mass is 10.0. The number of ether oxygens (including phenoxy) is 2. The zero-order valence-electron chi connectivity index (χ0n) is 55.2. The van der Waals surface area contributed by atoms with Gasteiger partial charge in [0.15, 0.2) is 6.10 Å². The maximum absolute atomic E-state index is 12.9. The number of allylic oxidation sites excluding steroid dienone is 12. The fraction of sp³-hybridized carbons (Fsp3) is 0.808. The lowest BCUT2D eigenvalue weighted by Gasteiger charge is -2.24. The van der Waals surface area contributed by atoms with Gasteiger partial charge in [-0.05, 0) is 64.2 Å². The van der Waals surface area contributed by atoms with Crippen LogP contribution in [0.2, 0.25) is 0 Å². The van der Waals surface area contributed by atoms with Crippen LogP contribution in [0.1, 0.15) is 328 Å². The van der Waals surface area contributed by atoms with Gasteiger partial charge in [-0.15, -0.1) is 0 Å². The van der Waals surface area contributed by atoms with Gasteiger partial charge in [-0.1, -0.05) is 324 Å². The van der Waals surface area contributed by atoms with Crippen LogP contribution >= 0.6 is 7.82 Å². The summed E-state index contributed by atoms with van der Waals surface area (Å²) in [6, 6.07) is 0. The molecule has 0 aliphatic heterocycles. The van der Waals surface area contributed by atoms with E-state index in [4.69, 9.17) is 18.5 Å². The van der Waals surface area contributed by atoms with Crippen LogP contribution in [0.5, 0.6) is 0 Å². The Bertz CT molecular complexity index is 1630. The summed E-state index contributed by atoms with van der Waals surface area (Å²) in [7, 11) is 1.49. The molecule has 0 spiro atoms. The first-order valence-electron chi connectivity index (χ1n) is 35.2. The zero-order chi connectivity index (χ0) is 60.5. The first kappa shape index (κ1) is 80.5. The van der Waals surface area contributed by atoms with Crippen molar-refractivity contribution >= 4 is 19.8 Å². The van der Waals surface area contributed by atoms with Crippen molar-refractivity contribution in [3.8, 4) is 0 Å². The van der Waals surface area contributed by atoms with Crippen molar-refractivity contribution in [1.29, 1.82) is 0 Å². The highest BCUT2D eigenvalue weighted by atomic mass is 31.2. The zero-order valence-corrected chi connectivity index (χ0v) is 56.1. The van der Waals surface area contributed by atoms with Crippen molar-refractivity contribution in [2.24, 2.45) is 0 Å². The number of rotatable bonds is 65. The molecular formula is C73H135NO8P+. The molecule has 2 unspecified atom stereocenters. The van der Waals surface area contributed by atoms with Gasteiger partial charge in [-0.25, -0.2) is 4.57 Å². The fourth-order valence-corrected chi connectivity index (χ4v) is 10.9. The van der Waals surface area contributed by atoms with Gasteiger partial charge in [-0.2, -0.15) is 0 Å². The van der Waals surface area contributed by atoms with Gasteiger partial charge in [0.2, 0.25) is 0 Å². The van der Waals surface area contributed by atoms with Crippen LogP contribution in [0.3, 0.4) is 0 Å². The second-order valence-corrected chi connectivity index (χ2v) is 26.4. The SMILES string of the molecule is CC/C=C\C/C=C\C/C=C\C/C=C\C/C=C\C/C=C\CCCCCCCCCCCCCCCCCCCCC(=O)OC(COC(=O)CCCCCCCCCCCCCCCCCCCCCCCC)COP(=O)(O)OCC[N+](C)(C)C. The number of phosphoric ester groups is 1. The molecule has 0 amide bonds. The van der Waals surface area contributed by atoms with Crippen molar-refractivity contribution in [2.75, 3.05) is 47.5 Å². The number of unbranched alkanes of at least 4 members (excludes halogenated alkanes) is 39. The average molecular weight is 1190 g/mol. The average Bonchev–Trinajstić information content (AvgIpc) is 3.49. The summed E-state index contributed by atoms with van der Waals surface area (Å²) in [5.74, 6) is -0.779. The Morgan fingerprint density at radius 2 is 0.687 bits per heavy atom. The van der Waals surface area contributed by atoms with E-state index in [2.05, 4.69) is 86.8 Å². The summed E-state index contributed by atoms with van der Waals surface area (Å²) in [4.78, 5) is 35.9. The molecular weight excluding hydrogens is 1050 g/mol. The molecule has 0 saturated heterocycles. The van der Waals surface area contributed by atoms with Crippen LogP contribution in [-0.2, 0) is 32.7 Å². The molecule has 0 fully saturated rings. The molecule has 0 heterocycles. The molecule has 0 rings (SSSR count). The number of carbonyl (C=O) groups is 2. The highest BCUT2D eigenvalue weighted by molar-refractivity contribution is 7.47. The van der Waals surface area contributed by atoms with E-state index in [0.29, 0.717) is 23.9 Å². The van der Waals surface area contributed by atoms with Gasteiger partial charge >= 0.3 is 19.8 Å². The standard InChI is InChI=1S/C73H134NO8P/c1-6-8-10-12-14-16-18-20-22-24-26-28-30-31-32-33-34-35-36-37-38-39-40-41-42-43-44-46-48-50-52-54-56-58-60-62-64-66-73(76)82-71(70-81-83(77,78)80-68-67-74(3,4)5)69-79-72(75)65-63-61-59-57-55-53-51-49-47-45-29-27-25-23-21-19-17-15-13-11-9-7-2/h8,10,14,16,20,22,26,28,31-32,34-35,71H,6-7,9,11-13,15,17-19,21,23-25,27,29-30,33,36-70H2,1-5H3/p+1/b10-8-,16-14-,22-20-,28-26-,32-31-,35-34-. The Hall–Kier alpha value is -2.55.